The second kappa shape index (κ2) is 5.43. The van der Waals surface area contributed by atoms with Gasteiger partial charge in [-0.3, -0.25) is 9.48 Å². The quantitative estimate of drug-likeness (QED) is 0.871. The van der Waals surface area contributed by atoms with Crippen molar-refractivity contribution in [2.75, 3.05) is 5.33 Å². The van der Waals surface area contributed by atoms with E-state index in [2.05, 4.69) is 33.3 Å². The first-order valence-electron chi connectivity index (χ1n) is 6.43. The third-order valence-electron chi connectivity index (χ3n) is 3.81. The Balaban J connectivity index is 2.04. The van der Waals surface area contributed by atoms with Crippen LogP contribution in [0.15, 0.2) is 12.3 Å². The predicted octanol–water partition coefficient (Wildman–Crippen LogP) is 2.49. The van der Waals surface area contributed by atoms with Gasteiger partial charge in [-0.25, -0.2) is 0 Å². The van der Waals surface area contributed by atoms with Gasteiger partial charge >= 0.3 is 0 Å². The molecule has 18 heavy (non-hydrogen) atoms. The molecule has 1 aromatic heterocycles. The molecular weight excluding hydrogens is 294 g/mol. The zero-order valence-electron chi connectivity index (χ0n) is 10.9. The highest BCUT2D eigenvalue weighted by atomic mass is 79.9. The van der Waals surface area contributed by atoms with Crippen molar-refractivity contribution in [1.29, 1.82) is 0 Å². The number of carbonyl (C=O) groups excluding carboxylic acids is 1. The van der Waals surface area contributed by atoms with Crippen LogP contribution in [0.4, 0.5) is 0 Å². The fraction of sp³-hybridized carbons (Fsp3) is 0.692. The van der Waals surface area contributed by atoms with E-state index in [1.165, 1.54) is 12.8 Å². The molecule has 4 nitrogen and oxygen atoms in total. The summed E-state index contributed by atoms with van der Waals surface area (Å²) in [6.07, 6.45) is 6.22. The summed E-state index contributed by atoms with van der Waals surface area (Å²) >= 11 is 3.55. The number of nitrogens with one attached hydrogen (secondary N) is 1. The first-order valence-corrected chi connectivity index (χ1v) is 7.55. The Bertz CT molecular complexity index is 422. The Hall–Kier alpha value is -0.840. The van der Waals surface area contributed by atoms with Gasteiger partial charge in [-0.1, -0.05) is 22.9 Å². The second-order valence-electron chi connectivity index (χ2n) is 5.43. The maximum atomic E-state index is 12.2. The highest BCUT2D eigenvalue weighted by molar-refractivity contribution is 9.09. The minimum absolute atomic E-state index is 0.0652. The van der Waals surface area contributed by atoms with Crippen LogP contribution in [0.1, 0.15) is 43.1 Å². The van der Waals surface area contributed by atoms with Gasteiger partial charge in [0.05, 0.1) is 5.54 Å². The molecule has 0 aliphatic heterocycles. The zero-order chi connectivity index (χ0) is 13.2. The van der Waals surface area contributed by atoms with Crippen molar-refractivity contribution in [3.63, 3.8) is 0 Å². The van der Waals surface area contributed by atoms with E-state index in [-0.39, 0.29) is 11.4 Å². The number of aryl methyl sites for hydroxylation is 1. The molecule has 1 heterocycles. The number of rotatable bonds is 3. The van der Waals surface area contributed by atoms with Gasteiger partial charge in [-0.05, 0) is 37.7 Å². The molecule has 1 aliphatic rings. The molecule has 1 fully saturated rings. The lowest BCUT2D eigenvalue weighted by Gasteiger charge is -2.38. The number of hydrogen-bond donors (Lipinski definition) is 1. The number of alkyl halides is 1. The average Bonchev–Trinajstić information content (AvgIpc) is 2.79. The number of nitrogens with zero attached hydrogens (tertiary/aromatic N) is 2. The Labute approximate surface area is 116 Å². The first kappa shape index (κ1) is 13.6. The summed E-state index contributed by atoms with van der Waals surface area (Å²) in [6.45, 7) is 2.28. The number of hydrogen-bond acceptors (Lipinski definition) is 2. The zero-order valence-corrected chi connectivity index (χ0v) is 12.5. The SMILES string of the molecule is CC1CCC(CBr)(NC(=O)c2ccn(C)n2)CC1. The van der Waals surface area contributed by atoms with E-state index in [1.807, 2.05) is 7.05 Å². The van der Waals surface area contributed by atoms with Gasteiger partial charge in [0.2, 0.25) is 0 Å². The maximum Gasteiger partial charge on any atom is 0.272 e. The second-order valence-corrected chi connectivity index (χ2v) is 5.99. The molecule has 1 saturated carbocycles. The third kappa shape index (κ3) is 2.94. The van der Waals surface area contributed by atoms with Gasteiger partial charge < -0.3 is 5.32 Å². The topological polar surface area (TPSA) is 46.9 Å². The molecule has 0 bridgehead atoms. The van der Waals surface area contributed by atoms with Crippen molar-refractivity contribution in [3.05, 3.63) is 18.0 Å². The van der Waals surface area contributed by atoms with E-state index in [0.29, 0.717) is 5.69 Å². The van der Waals surface area contributed by atoms with Crippen LogP contribution in [0.5, 0.6) is 0 Å². The van der Waals surface area contributed by atoms with Crippen LogP contribution < -0.4 is 5.32 Å². The van der Waals surface area contributed by atoms with Crippen molar-refractivity contribution >= 4 is 21.8 Å². The summed E-state index contributed by atoms with van der Waals surface area (Å²) in [5, 5.41) is 8.13. The van der Waals surface area contributed by atoms with Crippen molar-refractivity contribution in [2.24, 2.45) is 13.0 Å². The molecular formula is C13H20BrN3O. The number of carbonyl (C=O) groups is 1. The molecule has 0 spiro atoms. The highest BCUT2D eigenvalue weighted by Gasteiger charge is 2.35. The van der Waals surface area contributed by atoms with Crippen molar-refractivity contribution in [1.82, 2.24) is 15.1 Å². The summed E-state index contributed by atoms with van der Waals surface area (Å²) in [5.74, 6) is 0.702. The van der Waals surface area contributed by atoms with Crippen LogP contribution in [0.25, 0.3) is 0 Å². The minimum Gasteiger partial charge on any atom is -0.344 e. The lowest BCUT2D eigenvalue weighted by atomic mass is 9.78. The van der Waals surface area contributed by atoms with Crippen LogP contribution in [0.2, 0.25) is 0 Å². The maximum absolute atomic E-state index is 12.2. The molecule has 0 aromatic carbocycles. The minimum atomic E-state index is -0.0961. The smallest absolute Gasteiger partial charge is 0.272 e. The lowest BCUT2D eigenvalue weighted by molar-refractivity contribution is 0.0868. The van der Waals surface area contributed by atoms with Crippen molar-refractivity contribution in [2.45, 2.75) is 38.1 Å². The van der Waals surface area contributed by atoms with E-state index < -0.39 is 0 Å². The Morgan fingerprint density at radius 3 is 2.78 bits per heavy atom. The van der Waals surface area contributed by atoms with Gasteiger partial charge in [0.25, 0.3) is 5.91 Å². The van der Waals surface area contributed by atoms with E-state index in [0.717, 1.165) is 24.1 Å². The van der Waals surface area contributed by atoms with Crippen molar-refractivity contribution < 1.29 is 4.79 Å². The number of amides is 1. The van der Waals surface area contributed by atoms with Gasteiger partial charge in [-0.15, -0.1) is 0 Å². The third-order valence-corrected chi connectivity index (χ3v) is 4.89. The van der Waals surface area contributed by atoms with Crippen LogP contribution in [-0.4, -0.2) is 26.6 Å². The van der Waals surface area contributed by atoms with Crippen LogP contribution in [0, 0.1) is 5.92 Å². The van der Waals surface area contributed by atoms with E-state index >= 15 is 0 Å². The lowest BCUT2D eigenvalue weighted by Crippen LogP contribution is -2.52. The summed E-state index contributed by atoms with van der Waals surface area (Å²) in [7, 11) is 1.82. The molecule has 1 aliphatic carbocycles. The van der Waals surface area contributed by atoms with Gasteiger partial charge in [0, 0.05) is 18.6 Å². The highest BCUT2D eigenvalue weighted by Crippen LogP contribution is 2.33. The Morgan fingerprint density at radius 1 is 1.61 bits per heavy atom. The number of halogens is 1. The fourth-order valence-corrected chi connectivity index (χ4v) is 3.15. The predicted molar refractivity (Wildman–Crippen MR) is 74.8 cm³/mol. The summed E-state index contributed by atoms with van der Waals surface area (Å²) in [5.41, 5.74) is 0.401. The molecule has 0 unspecified atom stereocenters. The van der Waals surface area contributed by atoms with Gasteiger partial charge in [0.15, 0.2) is 0 Å². The molecule has 0 atom stereocenters. The monoisotopic (exact) mass is 313 g/mol. The summed E-state index contributed by atoms with van der Waals surface area (Å²) in [6, 6.07) is 1.75. The standard InChI is InChI=1S/C13H20BrN3O/c1-10-3-6-13(9-14,7-4-10)15-12(18)11-5-8-17(2)16-11/h5,8,10H,3-4,6-7,9H2,1-2H3,(H,15,18). The normalized spacial score (nSPS) is 28.1. The van der Waals surface area contributed by atoms with Crippen LogP contribution in [0.3, 0.4) is 0 Å². The molecule has 5 heteroatoms. The molecule has 0 radical (unpaired) electrons. The Kier molecular flexibility index (Phi) is 4.10. The van der Waals surface area contributed by atoms with Crippen LogP contribution >= 0.6 is 15.9 Å². The number of aromatic nitrogens is 2. The molecule has 100 valence electrons. The molecule has 1 N–H and O–H groups in total. The fourth-order valence-electron chi connectivity index (χ4n) is 2.45. The van der Waals surface area contributed by atoms with Crippen molar-refractivity contribution in [3.8, 4) is 0 Å². The molecule has 0 saturated heterocycles. The van der Waals surface area contributed by atoms with Gasteiger partial charge in [0.1, 0.15) is 5.69 Å². The largest absolute Gasteiger partial charge is 0.344 e. The molecule has 1 aromatic rings. The van der Waals surface area contributed by atoms with E-state index in [4.69, 9.17) is 0 Å². The van der Waals surface area contributed by atoms with Gasteiger partial charge in [-0.2, -0.15) is 5.10 Å². The Morgan fingerprint density at radius 2 is 2.28 bits per heavy atom. The summed E-state index contributed by atoms with van der Waals surface area (Å²) in [4.78, 5) is 12.2. The van der Waals surface area contributed by atoms with Crippen LogP contribution in [-0.2, 0) is 7.05 Å². The molecule has 2 rings (SSSR count). The summed E-state index contributed by atoms with van der Waals surface area (Å²) < 4.78 is 1.65. The average molecular weight is 314 g/mol. The first-order chi connectivity index (χ1) is 8.54. The molecule has 1 amide bonds. The van der Waals surface area contributed by atoms with E-state index in [1.54, 1.807) is 16.9 Å². The van der Waals surface area contributed by atoms with E-state index in [9.17, 15) is 4.79 Å².